The highest BCUT2D eigenvalue weighted by molar-refractivity contribution is 14.1. The van der Waals surface area contributed by atoms with Crippen LogP contribution in [0.1, 0.15) is 33.3 Å². The van der Waals surface area contributed by atoms with Crippen molar-refractivity contribution in [1.29, 1.82) is 0 Å². The van der Waals surface area contributed by atoms with E-state index in [9.17, 15) is 0 Å². The molecule has 0 spiro atoms. The van der Waals surface area contributed by atoms with E-state index in [2.05, 4.69) is 98.1 Å². The smallest absolute Gasteiger partial charge is 0.0429 e. The van der Waals surface area contributed by atoms with Gasteiger partial charge in [0, 0.05) is 13.4 Å². The zero-order chi connectivity index (χ0) is 13.4. The zero-order valence-corrected chi connectivity index (χ0v) is 15.3. The van der Waals surface area contributed by atoms with Crippen LogP contribution in [0.25, 0.3) is 0 Å². The summed E-state index contributed by atoms with van der Waals surface area (Å²) < 4.78 is 1.58. The van der Waals surface area contributed by atoms with E-state index in [1.807, 2.05) is 0 Å². The Morgan fingerprint density at radius 1 is 1.22 bits per heavy atom. The molecule has 1 saturated heterocycles. The van der Waals surface area contributed by atoms with Crippen molar-refractivity contribution in [2.45, 2.75) is 32.4 Å². The van der Waals surface area contributed by atoms with E-state index in [4.69, 9.17) is 0 Å². The van der Waals surface area contributed by atoms with E-state index in [0.29, 0.717) is 11.3 Å². The summed E-state index contributed by atoms with van der Waals surface area (Å²) in [6, 6.07) is 9.12. The molecule has 1 aromatic carbocycles. The van der Waals surface area contributed by atoms with Crippen molar-refractivity contribution in [1.82, 2.24) is 0 Å². The maximum atomic E-state index is 2.44. The van der Waals surface area contributed by atoms with Crippen LogP contribution in [-0.4, -0.2) is 10.8 Å². The van der Waals surface area contributed by atoms with Crippen molar-refractivity contribution >= 4 is 46.1 Å². The molecule has 0 bridgehead atoms. The molecule has 1 heterocycles. The minimum absolute atomic E-state index is 0.258. The summed E-state index contributed by atoms with van der Waals surface area (Å²) in [6.45, 7) is 9.59. The van der Waals surface area contributed by atoms with Gasteiger partial charge in [0.25, 0.3) is 0 Å². The largest absolute Gasteiger partial charge is 0.151 e. The molecule has 1 fully saturated rings. The fourth-order valence-corrected chi connectivity index (χ4v) is 6.90. The summed E-state index contributed by atoms with van der Waals surface area (Å²) in [7, 11) is 0. The van der Waals surface area contributed by atoms with E-state index in [-0.39, 0.29) is 4.75 Å². The zero-order valence-electron chi connectivity index (χ0n) is 11.5. The van der Waals surface area contributed by atoms with Crippen LogP contribution in [0.3, 0.4) is 0 Å². The number of halogens is 1. The standard InChI is InChI=1S/C15H21IS2/c1-14(2,3)13-9-17-10-18-15(13,4)11-5-7-12(16)8-6-11/h5-8,13H,9-10H2,1-4H3. The summed E-state index contributed by atoms with van der Waals surface area (Å²) in [4.78, 5) is 0. The number of thioether (sulfide) groups is 2. The van der Waals surface area contributed by atoms with Crippen molar-refractivity contribution < 1.29 is 0 Å². The molecular formula is C15H21IS2. The average Bonchev–Trinajstić information content (AvgIpc) is 2.28. The van der Waals surface area contributed by atoms with Gasteiger partial charge in [0.15, 0.2) is 0 Å². The van der Waals surface area contributed by atoms with Gasteiger partial charge in [0.1, 0.15) is 0 Å². The molecule has 1 aliphatic rings. The molecule has 0 aliphatic carbocycles. The molecule has 3 heteroatoms. The summed E-state index contributed by atoms with van der Waals surface area (Å²) in [5.74, 6) is 1.99. The van der Waals surface area contributed by atoms with Gasteiger partial charge in [-0.1, -0.05) is 32.9 Å². The first-order valence-electron chi connectivity index (χ1n) is 6.32. The lowest BCUT2D eigenvalue weighted by Gasteiger charge is -2.47. The third kappa shape index (κ3) is 3.04. The average molecular weight is 392 g/mol. The molecule has 0 N–H and O–H groups in total. The van der Waals surface area contributed by atoms with Gasteiger partial charge >= 0.3 is 0 Å². The molecule has 2 atom stereocenters. The van der Waals surface area contributed by atoms with Crippen molar-refractivity contribution in [2.24, 2.45) is 11.3 Å². The van der Waals surface area contributed by atoms with Crippen LogP contribution in [0, 0.1) is 14.9 Å². The molecule has 100 valence electrons. The van der Waals surface area contributed by atoms with Gasteiger partial charge < -0.3 is 0 Å². The van der Waals surface area contributed by atoms with E-state index >= 15 is 0 Å². The van der Waals surface area contributed by atoms with Crippen molar-refractivity contribution in [3.8, 4) is 0 Å². The maximum absolute atomic E-state index is 2.44. The molecule has 0 aromatic heterocycles. The highest BCUT2D eigenvalue weighted by Gasteiger charge is 2.44. The Kier molecular flexibility index (Phi) is 4.65. The van der Waals surface area contributed by atoms with E-state index in [0.717, 1.165) is 0 Å². The second kappa shape index (κ2) is 5.57. The molecule has 0 nitrogen and oxygen atoms in total. The number of benzene rings is 1. The normalized spacial score (nSPS) is 29.3. The van der Waals surface area contributed by atoms with Gasteiger partial charge in [-0.05, 0) is 64.3 Å². The van der Waals surface area contributed by atoms with Crippen LogP contribution in [0.15, 0.2) is 24.3 Å². The molecule has 0 radical (unpaired) electrons. The molecule has 0 amide bonds. The SMILES string of the molecule is CC(C)(C)C1CSCSC1(C)c1ccc(I)cc1. The topological polar surface area (TPSA) is 0 Å². The fourth-order valence-electron chi connectivity index (χ4n) is 2.73. The van der Waals surface area contributed by atoms with Gasteiger partial charge in [-0.25, -0.2) is 0 Å². The molecule has 18 heavy (non-hydrogen) atoms. The van der Waals surface area contributed by atoms with Crippen LogP contribution in [0.2, 0.25) is 0 Å². The molecule has 0 saturated carbocycles. The van der Waals surface area contributed by atoms with Crippen LogP contribution >= 0.6 is 46.1 Å². The number of hydrogen-bond donors (Lipinski definition) is 0. The first-order valence-corrected chi connectivity index (χ1v) is 9.54. The first-order chi connectivity index (χ1) is 8.34. The Balaban J connectivity index is 2.39. The highest BCUT2D eigenvalue weighted by atomic mass is 127. The minimum atomic E-state index is 0.258. The summed E-state index contributed by atoms with van der Waals surface area (Å²) in [5.41, 5.74) is 1.85. The maximum Gasteiger partial charge on any atom is 0.0429 e. The molecule has 2 unspecified atom stereocenters. The van der Waals surface area contributed by atoms with E-state index in [1.165, 1.54) is 20.0 Å². The van der Waals surface area contributed by atoms with E-state index < -0.39 is 0 Å². The van der Waals surface area contributed by atoms with E-state index in [1.54, 1.807) is 0 Å². The van der Waals surface area contributed by atoms with Gasteiger partial charge in [0.2, 0.25) is 0 Å². The summed E-state index contributed by atoms with van der Waals surface area (Å²) in [5, 5.41) is 1.22. The number of hydrogen-bond acceptors (Lipinski definition) is 2. The Bertz CT molecular complexity index is 407. The summed E-state index contributed by atoms with van der Waals surface area (Å²) in [6.07, 6.45) is 0. The third-order valence-corrected chi connectivity index (χ3v) is 7.40. The Morgan fingerprint density at radius 2 is 1.83 bits per heavy atom. The Labute approximate surface area is 133 Å². The molecule has 1 aliphatic heterocycles. The highest BCUT2D eigenvalue weighted by Crippen LogP contribution is 2.55. The predicted molar refractivity (Wildman–Crippen MR) is 94.4 cm³/mol. The lowest BCUT2D eigenvalue weighted by Crippen LogP contribution is -2.41. The lowest BCUT2D eigenvalue weighted by molar-refractivity contribution is 0.214. The molecule has 2 rings (SSSR count). The Hall–Kier alpha value is 0.650. The second-order valence-corrected chi connectivity index (χ2v) is 10.2. The monoisotopic (exact) mass is 392 g/mol. The summed E-state index contributed by atoms with van der Waals surface area (Å²) >= 11 is 6.59. The molecular weight excluding hydrogens is 371 g/mol. The fraction of sp³-hybridized carbons (Fsp3) is 0.600. The van der Waals surface area contributed by atoms with Crippen LogP contribution in [0.5, 0.6) is 0 Å². The van der Waals surface area contributed by atoms with Gasteiger partial charge in [-0.15, -0.1) is 11.8 Å². The van der Waals surface area contributed by atoms with Gasteiger partial charge in [0.05, 0.1) is 0 Å². The van der Waals surface area contributed by atoms with Gasteiger partial charge in [-0.3, -0.25) is 0 Å². The van der Waals surface area contributed by atoms with Crippen LogP contribution in [-0.2, 0) is 4.75 Å². The van der Waals surface area contributed by atoms with Gasteiger partial charge in [-0.2, -0.15) is 11.8 Å². The third-order valence-electron chi connectivity index (χ3n) is 3.85. The van der Waals surface area contributed by atoms with Crippen LogP contribution in [0.4, 0.5) is 0 Å². The van der Waals surface area contributed by atoms with Crippen molar-refractivity contribution in [3.05, 3.63) is 33.4 Å². The number of rotatable bonds is 1. The Morgan fingerprint density at radius 3 is 2.39 bits per heavy atom. The second-order valence-electron chi connectivity index (χ2n) is 6.17. The van der Waals surface area contributed by atoms with Crippen molar-refractivity contribution in [3.63, 3.8) is 0 Å². The lowest BCUT2D eigenvalue weighted by atomic mass is 9.72. The quantitative estimate of drug-likeness (QED) is 0.570. The van der Waals surface area contributed by atoms with Crippen LogP contribution < -0.4 is 0 Å². The predicted octanol–water partition coefficient (Wildman–Crippen LogP) is 5.61. The van der Waals surface area contributed by atoms with Crippen molar-refractivity contribution in [2.75, 3.05) is 10.8 Å². The first kappa shape index (κ1) is 15.0. The molecule has 1 aromatic rings. The minimum Gasteiger partial charge on any atom is -0.151 e.